The van der Waals surface area contributed by atoms with Crippen molar-refractivity contribution >= 4 is 21.6 Å². The Kier molecular flexibility index (Phi) is 7.30. The van der Waals surface area contributed by atoms with Gasteiger partial charge in [-0.3, -0.25) is 9.78 Å². The van der Waals surface area contributed by atoms with E-state index in [0.29, 0.717) is 25.3 Å². The number of carbonyl (C=O) groups excluding carboxylic acids is 1. The van der Waals surface area contributed by atoms with E-state index >= 15 is 0 Å². The highest BCUT2D eigenvalue weighted by Crippen LogP contribution is 2.34. The van der Waals surface area contributed by atoms with Gasteiger partial charge in [-0.25, -0.2) is 13.1 Å². The molecule has 0 bridgehead atoms. The van der Waals surface area contributed by atoms with E-state index in [-0.39, 0.29) is 27.9 Å². The van der Waals surface area contributed by atoms with E-state index in [2.05, 4.69) is 9.71 Å². The molecule has 1 aromatic heterocycles. The molecule has 0 aliphatic carbocycles. The topological polar surface area (TPSA) is 123 Å². The summed E-state index contributed by atoms with van der Waals surface area (Å²) in [5, 5.41) is 19.7. The third-order valence-corrected chi connectivity index (χ3v) is 7.57. The van der Waals surface area contributed by atoms with Crippen molar-refractivity contribution in [2.45, 2.75) is 24.7 Å². The molecule has 1 aliphatic heterocycles. The Balaban J connectivity index is 1.60. The molecule has 0 atom stereocenters. The second-order valence-electron chi connectivity index (χ2n) is 9.14. The molecule has 0 spiro atoms. The Morgan fingerprint density at radius 1 is 1.14 bits per heavy atom. The van der Waals surface area contributed by atoms with Crippen LogP contribution in [-0.4, -0.2) is 68.2 Å². The number of pyridine rings is 1. The quantitative estimate of drug-likeness (QED) is 0.447. The third-order valence-electron chi connectivity index (χ3n) is 6.14. The number of aromatic hydroxyl groups is 2. The van der Waals surface area contributed by atoms with Gasteiger partial charge in [0, 0.05) is 43.1 Å². The van der Waals surface area contributed by atoms with Crippen LogP contribution in [0.3, 0.4) is 0 Å². The zero-order valence-corrected chi connectivity index (χ0v) is 21.3. The molecule has 10 heteroatoms. The van der Waals surface area contributed by atoms with Gasteiger partial charge in [-0.05, 0) is 75.3 Å². The lowest BCUT2D eigenvalue weighted by atomic mass is 9.96. The number of hydrogen-bond acceptors (Lipinski definition) is 7. The first-order valence-electron chi connectivity index (χ1n) is 11.6. The summed E-state index contributed by atoms with van der Waals surface area (Å²) in [5.41, 5.74) is 4.07. The minimum Gasteiger partial charge on any atom is -0.508 e. The number of carbonyl (C=O) groups is 1. The van der Waals surface area contributed by atoms with Crippen molar-refractivity contribution in [2.75, 3.05) is 38.6 Å². The van der Waals surface area contributed by atoms with E-state index in [1.54, 1.807) is 11.0 Å². The van der Waals surface area contributed by atoms with Gasteiger partial charge in [0.05, 0.1) is 11.3 Å². The van der Waals surface area contributed by atoms with Gasteiger partial charge in [0.2, 0.25) is 10.0 Å². The first kappa shape index (κ1) is 25.6. The summed E-state index contributed by atoms with van der Waals surface area (Å²) in [7, 11) is 0.0889. The van der Waals surface area contributed by atoms with Crippen LogP contribution in [0.5, 0.6) is 11.5 Å². The molecule has 0 saturated carbocycles. The van der Waals surface area contributed by atoms with Gasteiger partial charge in [0.25, 0.3) is 5.91 Å². The van der Waals surface area contributed by atoms with Crippen LogP contribution in [0.4, 0.5) is 5.69 Å². The molecule has 190 valence electrons. The van der Waals surface area contributed by atoms with Crippen LogP contribution in [0.2, 0.25) is 0 Å². The summed E-state index contributed by atoms with van der Waals surface area (Å²) in [5.74, 6) is -0.722. The van der Waals surface area contributed by atoms with Crippen molar-refractivity contribution in [1.29, 1.82) is 0 Å². The molecule has 0 fully saturated rings. The molecule has 0 unspecified atom stereocenters. The van der Waals surface area contributed by atoms with E-state index in [9.17, 15) is 23.4 Å². The minimum absolute atomic E-state index is 0.112. The highest BCUT2D eigenvalue weighted by atomic mass is 32.2. The molecule has 0 saturated heterocycles. The summed E-state index contributed by atoms with van der Waals surface area (Å²) in [6, 6.07) is 11.2. The minimum atomic E-state index is -3.66. The highest BCUT2D eigenvalue weighted by Gasteiger charge is 2.26. The number of rotatable bonds is 7. The van der Waals surface area contributed by atoms with E-state index in [4.69, 9.17) is 0 Å². The first-order valence-corrected chi connectivity index (χ1v) is 13.1. The van der Waals surface area contributed by atoms with Crippen molar-refractivity contribution in [3.63, 3.8) is 0 Å². The van der Waals surface area contributed by atoms with Crippen LogP contribution in [0.15, 0.2) is 53.6 Å². The molecular formula is C26H30N4O5S. The average Bonchev–Trinajstić information content (AvgIpc) is 2.82. The maximum Gasteiger partial charge on any atom is 0.262 e. The Morgan fingerprint density at radius 3 is 2.61 bits per heavy atom. The maximum absolute atomic E-state index is 13.2. The molecule has 9 nitrogen and oxygen atoms in total. The van der Waals surface area contributed by atoms with Crippen molar-refractivity contribution in [3.05, 3.63) is 65.4 Å². The molecule has 3 N–H and O–H groups in total. The third kappa shape index (κ3) is 5.35. The highest BCUT2D eigenvalue weighted by molar-refractivity contribution is 7.89. The number of nitrogens with zero attached hydrogens (tertiary/aromatic N) is 3. The monoisotopic (exact) mass is 510 g/mol. The van der Waals surface area contributed by atoms with E-state index in [1.807, 2.05) is 44.1 Å². The maximum atomic E-state index is 13.2. The Morgan fingerprint density at radius 2 is 1.92 bits per heavy atom. The molecule has 3 aromatic rings. The smallest absolute Gasteiger partial charge is 0.262 e. The lowest BCUT2D eigenvalue weighted by Gasteiger charge is -2.30. The van der Waals surface area contributed by atoms with Crippen LogP contribution in [0.1, 0.15) is 27.9 Å². The summed E-state index contributed by atoms with van der Waals surface area (Å²) >= 11 is 0. The van der Waals surface area contributed by atoms with Gasteiger partial charge >= 0.3 is 0 Å². The number of anilines is 1. The zero-order valence-electron chi connectivity index (χ0n) is 20.5. The Labute approximate surface area is 211 Å². The lowest BCUT2D eigenvalue weighted by Crippen LogP contribution is -2.35. The summed E-state index contributed by atoms with van der Waals surface area (Å²) in [4.78, 5) is 21.3. The number of sulfonamides is 1. The molecule has 2 heterocycles. The van der Waals surface area contributed by atoms with Crippen LogP contribution < -0.4 is 9.62 Å². The standard InChI is InChI=1S/C26H30N4O5S/c1-17-13-21(36(34,35)28-10-12-29(2)3)16-27-25(17)19-6-9-23-18(14-19)5-4-11-30(23)26(33)22-8-7-20(31)15-24(22)32/h6-9,13-16,28,31-32H,4-5,10-12H2,1-3H3. The molecule has 0 radical (unpaired) electrons. The van der Waals surface area contributed by atoms with Crippen molar-refractivity contribution in [3.8, 4) is 22.8 Å². The molecule has 2 aromatic carbocycles. The first-order chi connectivity index (χ1) is 17.1. The van der Waals surface area contributed by atoms with Crippen LogP contribution in [0, 0.1) is 6.92 Å². The van der Waals surface area contributed by atoms with Crippen molar-refractivity contribution in [2.24, 2.45) is 0 Å². The van der Waals surface area contributed by atoms with Crippen molar-refractivity contribution in [1.82, 2.24) is 14.6 Å². The number of aromatic nitrogens is 1. The van der Waals surface area contributed by atoms with Crippen LogP contribution in [0.25, 0.3) is 11.3 Å². The normalized spacial score (nSPS) is 13.6. The van der Waals surface area contributed by atoms with Crippen molar-refractivity contribution < 1.29 is 23.4 Å². The van der Waals surface area contributed by atoms with Gasteiger partial charge in [-0.2, -0.15) is 0 Å². The predicted octanol–water partition coefficient (Wildman–Crippen LogP) is 2.90. The predicted molar refractivity (Wildman–Crippen MR) is 138 cm³/mol. The summed E-state index contributed by atoms with van der Waals surface area (Å²) in [6.07, 6.45) is 2.89. The van der Waals surface area contributed by atoms with Crippen LogP contribution >= 0.6 is 0 Å². The summed E-state index contributed by atoms with van der Waals surface area (Å²) in [6.45, 7) is 3.23. The second kappa shape index (κ2) is 10.3. The number of fused-ring (bicyclic) bond motifs is 1. The number of likely N-dealkylation sites (N-methyl/N-ethyl adjacent to an activating group) is 1. The number of amides is 1. The SMILES string of the molecule is Cc1cc(S(=O)(=O)NCCN(C)C)cnc1-c1ccc2c(c1)CCCN2C(=O)c1ccc(O)cc1O. The fourth-order valence-electron chi connectivity index (χ4n) is 4.29. The fourth-order valence-corrected chi connectivity index (χ4v) is 5.34. The van der Waals surface area contributed by atoms with Gasteiger partial charge in [0.15, 0.2) is 0 Å². The van der Waals surface area contributed by atoms with E-state index in [0.717, 1.165) is 41.3 Å². The number of aryl methyl sites for hydroxylation is 2. The number of phenolic OH excluding ortho intramolecular Hbond substituents is 2. The molecule has 1 amide bonds. The number of nitrogens with one attached hydrogen (secondary N) is 1. The molecule has 1 aliphatic rings. The van der Waals surface area contributed by atoms with E-state index < -0.39 is 10.0 Å². The van der Waals surface area contributed by atoms with Gasteiger partial charge < -0.3 is 20.0 Å². The number of benzene rings is 2. The van der Waals surface area contributed by atoms with Gasteiger partial charge in [0.1, 0.15) is 16.4 Å². The average molecular weight is 511 g/mol. The number of phenols is 2. The Bertz CT molecular complexity index is 1410. The number of hydrogen-bond donors (Lipinski definition) is 3. The lowest BCUT2D eigenvalue weighted by molar-refractivity contribution is 0.0982. The van der Waals surface area contributed by atoms with Gasteiger partial charge in [-0.1, -0.05) is 6.07 Å². The van der Waals surface area contributed by atoms with Gasteiger partial charge in [-0.15, -0.1) is 0 Å². The van der Waals surface area contributed by atoms with Crippen LogP contribution in [-0.2, 0) is 16.4 Å². The molecular weight excluding hydrogens is 480 g/mol. The zero-order chi connectivity index (χ0) is 26.0. The summed E-state index contributed by atoms with van der Waals surface area (Å²) < 4.78 is 27.8. The largest absolute Gasteiger partial charge is 0.508 e. The second-order valence-corrected chi connectivity index (χ2v) is 10.9. The molecule has 4 rings (SSSR count). The fraction of sp³-hybridized carbons (Fsp3) is 0.308. The van der Waals surface area contributed by atoms with E-state index in [1.165, 1.54) is 18.3 Å². The Hall–Kier alpha value is -3.47. The molecule has 36 heavy (non-hydrogen) atoms.